The van der Waals surface area contributed by atoms with Gasteiger partial charge in [0.15, 0.2) is 0 Å². The van der Waals surface area contributed by atoms with Crippen molar-refractivity contribution in [1.29, 1.82) is 0 Å². The highest BCUT2D eigenvalue weighted by Gasteiger charge is 2.07. The summed E-state index contributed by atoms with van der Waals surface area (Å²) in [6.07, 6.45) is 3.68. The summed E-state index contributed by atoms with van der Waals surface area (Å²) in [5.74, 6) is 0.555. The second-order valence-corrected chi connectivity index (χ2v) is 7.98. The van der Waals surface area contributed by atoms with Crippen LogP contribution in [0, 0.1) is 6.92 Å². The molecule has 0 saturated carbocycles. The van der Waals surface area contributed by atoms with E-state index in [1.165, 1.54) is 10.5 Å². The Bertz CT molecular complexity index is 1340. The van der Waals surface area contributed by atoms with Crippen LogP contribution in [0.15, 0.2) is 82.6 Å². The number of anilines is 2. The average Bonchev–Trinajstić information content (AvgIpc) is 2.79. The van der Waals surface area contributed by atoms with Crippen molar-refractivity contribution in [2.45, 2.75) is 18.4 Å². The molecule has 2 aromatic heterocycles. The van der Waals surface area contributed by atoms with E-state index in [1.54, 1.807) is 42.2 Å². The van der Waals surface area contributed by atoms with Crippen molar-refractivity contribution in [1.82, 2.24) is 9.38 Å². The molecule has 0 atom stereocenters. The number of aromatic nitrogens is 2. The predicted octanol–water partition coefficient (Wildman–Crippen LogP) is 4.95. The Morgan fingerprint density at radius 2 is 1.78 bits per heavy atom. The fourth-order valence-corrected chi connectivity index (χ4v) is 3.66. The van der Waals surface area contributed by atoms with Crippen LogP contribution in [0.4, 0.5) is 16.2 Å². The third-order valence-electron chi connectivity index (χ3n) is 4.75. The summed E-state index contributed by atoms with van der Waals surface area (Å²) in [6.45, 7) is 2.04. The van der Waals surface area contributed by atoms with E-state index in [1.807, 2.05) is 49.6 Å². The normalized spacial score (nSPS) is 10.7. The zero-order valence-corrected chi connectivity index (χ0v) is 18.5. The first-order valence-electron chi connectivity index (χ1n) is 9.95. The van der Waals surface area contributed by atoms with E-state index in [0.29, 0.717) is 28.5 Å². The van der Waals surface area contributed by atoms with Crippen molar-refractivity contribution >= 4 is 34.8 Å². The minimum absolute atomic E-state index is 0.136. The highest BCUT2D eigenvalue weighted by molar-refractivity contribution is 7.98. The largest absolute Gasteiger partial charge is 0.487 e. The molecule has 0 spiro atoms. The van der Waals surface area contributed by atoms with Crippen molar-refractivity contribution in [3.63, 3.8) is 0 Å². The Hall–Kier alpha value is -3.78. The number of carbonyl (C=O) groups is 1. The molecule has 2 N–H and O–H groups in total. The van der Waals surface area contributed by atoms with Gasteiger partial charge in [-0.05, 0) is 55.1 Å². The van der Waals surface area contributed by atoms with Crippen molar-refractivity contribution in [2.24, 2.45) is 0 Å². The number of benzene rings is 2. The van der Waals surface area contributed by atoms with Crippen molar-refractivity contribution in [3.8, 4) is 5.75 Å². The topological polar surface area (TPSA) is 84.7 Å². The monoisotopic (exact) mass is 446 g/mol. The molecule has 7 nitrogen and oxygen atoms in total. The molecule has 8 heteroatoms. The summed E-state index contributed by atoms with van der Waals surface area (Å²) < 4.78 is 7.33. The smallest absolute Gasteiger partial charge is 0.323 e. The van der Waals surface area contributed by atoms with E-state index in [-0.39, 0.29) is 18.2 Å². The molecule has 0 saturated heterocycles. The summed E-state index contributed by atoms with van der Waals surface area (Å²) in [4.78, 5) is 30.3. The number of rotatable bonds is 6. The van der Waals surface area contributed by atoms with Crippen LogP contribution in [0.3, 0.4) is 0 Å². The Morgan fingerprint density at radius 3 is 2.56 bits per heavy atom. The summed E-state index contributed by atoms with van der Waals surface area (Å²) in [5.41, 5.74) is 3.20. The van der Waals surface area contributed by atoms with Crippen molar-refractivity contribution in [3.05, 3.63) is 94.5 Å². The van der Waals surface area contributed by atoms with Gasteiger partial charge in [-0.2, -0.15) is 0 Å². The Balaban J connectivity index is 1.42. The van der Waals surface area contributed by atoms with Crippen LogP contribution in [-0.4, -0.2) is 21.7 Å². The average molecular weight is 447 g/mol. The molecule has 2 heterocycles. The lowest BCUT2D eigenvalue weighted by Gasteiger charge is -2.11. The second kappa shape index (κ2) is 9.57. The van der Waals surface area contributed by atoms with Crippen LogP contribution in [0.2, 0.25) is 0 Å². The van der Waals surface area contributed by atoms with Gasteiger partial charge in [-0.25, -0.2) is 9.78 Å². The Labute approximate surface area is 189 Å². The summed E-state index contributed by atoms with van der Waals surface area (Å²) in [7, 11) is 0. The van der Waals surface area contributed by atoms with Crippen LogP contribution in [-0.2, 0) is 6.61 Å². The van der Waals surface area contributed by atoms with E-state index in [0.717, 1.165) is 10.5 Å². The lowest BCUT2D eigenvalue weighted by atomic mass is 10.3. The fraction of sp³-hybridized carbons (Fsp3) is 0.125. The highest BCUT2D eigenvalue weighted by atomic mass is 32.2. The van der Waals surface area contributed by atoms with Crippen molar-refractivity contribution < 1.29 is 9.53 Å². The second-order valence-electron chi connectivity index (χ2n) is 7.10. The number of carbonyl (C=O) groups excluding carboxylic acids is 1. The SMILES string of the molecule is CSc1cccc(NC(=O)Nc2cccc(OCc3cc(=O)n4cccc(C)c4n3)c2)c1. The van der Waals surface area contributed by atoms with Gasteiger partial charge >= 0.3 is 6.03 Å². The third-order valence-corrected chi connectivity index (χ3v) is 5.47. The first-order chi connectivity index (χ1) is 15.5. The molecule has 0 bridgehead atoms. The Morgan fingerprint density at radius 1 is 1.03 bits per heavy atom. The molecular formula is C24H22N4O3S. The van der Waals surface area contributed by atoms with Crippen LogP contribution < -0.4 is 20.9 Å². The van der Waals surface area contributed by atoms with E-state index < -0.39 is 0 Å². The summed E-state index contributed by atoms with van der Waals surface area (Å²) in [6, 6.07) is 19.5. The number of amides is 2. The maximum atomic E-state index is 12.3. The predicted molar refractivity (Wildman–Crippen MR) is 128 cm³/mol. The highest BCUT2D eigenvalue weighted by Crippen LogP contribution is 2.21. The number of aryl methyl sites for hydroxylation is 1. The molecule has 0 fully saturated rings. The minimum Gasteiger partial charge on any atom is -0.487 e. The third kappa shape index (κ3) is 5.09. The van der Waals surface area contributed by atoms with Crippen molar-refractivity contribution in [2.75, 3.05) is 16.9 Å². The molecule has 0 radical (unpaired) electrons. The van der Waals surface area contributed by atoms with Crippen LogP contribution in [0.1, 0.15) is 11.3 Å². The van der Waals surface area contributed by atoms with Gasteiger partial charge in [-0.1, -0.05) is 18.2 Å². The molecule has 2 amide bonds. The lowest BCUT2D eigenvalue weighted by Crippen LogP contribution is -2.19. The molecule has 2 aromatic carbocycles. The van der Waals surface area contributed by atoms with Crippen LogP contribution >= 0.6 is 11.8 Å². The quantitative estimate of drug-likeness (QED) is 0.410. The summed E-state index contributed by atoms with van der Waals surface area (Å²) in [5, 5.41) is 5.62. The van der Waals surface area contributed by atoms with Gasteiger partial charge in [-0.3, -0.25) is 9.20 Å². The number of ether oxygens (including phenoxy) is 1. The number of pyridine rings is 1. The number of nitrogens with zero attached hydrogens (tertiary/aromatic N) is 2. The Kier molecular flexibility index (Phi) is 6.42. The molecule has 162 valence electrons. The maximum absolute atomic E-state index is 12.3. The molecule has 0 aliphatic carbocycles. The van der Waals surface area contributed by atoms with E-state index in [9.17, 15) is 9.59 Å². The summed E-state index contributed by atoms with van der Waals surface area (Å²) >= 11 is 1.61. The number of fused-ring (bicyclic) bond motifs is 1. The van der Waals surface area contributed by atoms with Crippen LogP contribution in [0.5, 0.6) is 5.75 Å². The molecule has 32 heavy (non-hydrogen) atoms. The van der Waals surface area contributed by atoms with Gasteiger partial charge in [0.1, 0.15) is 18.0 Å². The molecule has 4 rings (SSSR count). The van der Waals surface area contributed by atoms with Gasteiger partial charge in [0, 0.05) is 34.6 Å². The maximum Gasteiger partial charge on any atom is 0.323 e. The molecule has 0 aliphatic heterocycles. The fourth-order valence-electron chi connectivity index (χ4n) is 3.20. The molecule has 0 aliphatic rings. The van der Waals surface area contributed by atoms with Gasteiger partial charge in [0.25, 0.3) is 5.56 Å². The number of hydrogen-bond donors (Lipinski definition) is 2. The number of hydrogen-bond acceptors (Lipinski definition) is 5. The lowest BCUT2D eigenvalue weighted by molar-refractivity contribution is 0.262. The van der Waals surface area contributed by atoms with Gasteiger partial charge in [-0.15, -0.1) is 11.8 Å². The number of nitrogens with one attached hydrogen (secondary N) is 2. The van der Waals surface area contributed by atoms with E-state index in [4.69, 9.17) is 4.74 Å². The zero-order chi connectivity index (χ0) is 22.5. The molecule has 0 unspecified atom stereocenters. The first kappa shape index (κ1) is 21.5. The number of thioether (sulfide) groups is 1. The van der Waals surface area contributed by atoms with Gasteiger partial charge < -0.3 is 15.4 Å². The van der Waals surface area contributed by atoms with E-state index >= 15 is 0 Å². The van der Waals surface area contributed by atoms with Gasteiger partial charge in [0.05, 0.1) is 5.69 Å². The zero-order valence-electron chi connectivity index (χ0n) is 17.7. The number of urea groups is 1. The van der Waals surface area contributed by atoms with Gasteiger partial charge in [0.2, 0.25) is 0 Å². The molecular weight excluding hydrogens is 424 g/mol. The van der Waals surface area contributed by atoms with Crippen LogP contribution in [0.25, 0.3) is 5.65 Å². The van der Waals surface area contributed by atoms with E-state index in [2.05, 4.69) is 15.6 Å². The molecule has 4 aromatic rings. The standard InChI is InChI=1S/C24H22N4O3S/c1-16-6-5-11-28-22(29)14-19(25-23(16)28)15-31-20-9-3-7-17(12-20)26-24(30)27-18-8-4-10-21(13-18)32-2/h3-14H,15H2,1-2H3,(H2,26,27,30). The first-order valence-corrected chi connectivity index (χ1v) is 11.2. The minimum atomic E-state index is -0.347.